The highest BCUT2D eigenvalue weighted by molar-refractivity contribution is 7.95. The van der Waals surface area contributed by atoms with Crippen LogP contribution < -0.4 is 4.90 Å². The third-order valence-corrected chi connectivity index (χ3v) is 7.79. The van der Waals surface area contributed by atoms with E-state index in [1.165, 1.54) is 0 Å². The minimum absolute atomic E-state index is 0.263. The Morgan fingerprint density at radius 1 is 1.32 bits per heavy atom. The molecule has 1 atom stereocenters. The maximum absolute atomic E-state index is 12.7. The molecule has 7 nitrogen and oxygen atoms in total. The standard InChI is InChI=1S/C20H23N5O2S/c1-14-13-27-8-7-25(14)15-11-18(16-3-5-21-20-17(16)4-6-22-20)23-19(12-15)24-28(26)9-2-10-28/h3-6,11-12,14H,2,7-10,13H2,1H3,(H,21,22)/t14-/m1/s1. The van der Waals surface area contributed by atoms with E-state index in [9.17, 15) is 4.21 Å². The summed E-state index contributed by atoms with van der Waals surface area (Å²) in [5, 5.41) is 1.01. The largest absolute Gasteiger partial charge is 0.377 e. The van der Waals surface area contributed by atoms with Crippen molar-refractivity contribution in [3.8, 4) is 11.3 Å². The van der Waals surface area contributed by atoms with E-state index in [0.29, 0.717) is 30.5 Å². The molecular formula is C20H23N5O2S. The van der Waals surface area contributed by atoms with Gasteiger partial charge >= 0.3 is 0 Å². The van der Waals surface area contributed by atoms with Gasteiger partial charge in [0, 0.05) is 59.2 Å². The molecule has 28 heavy (non-hydrogen) atoms. The minimum atomic E-state index is -2.13. The van der Waals surface area contributed by atoms with Crippen molar-refractivity contribution in [3.63, 3.8) is 0 Å². The number of pyridine rings is 2. The molecule has 8 heteroatoms. The third-order valence-electron chi connectivity index (χ3n) is 5.42. The Kier molecular flexibility index (Phi) is 4.32. The highest BCUT2D eigenvalue weighted by Crippen LogP contribution is 2.33. The van der Waals surface area contributed by atoms with Gasteiger partial charge in [-0.15, -0.1) is 0 Å². The topological polar surface area (TPSA) is 83.5 Å². The number of fused-ring (bicyclic) bond motifs is 1. The molecule has 0 aliphatic carbocycles. The maximum atomic E-state index is 12.7. The van der Waals surface area contributed by atoms with Gasteiger partial charge in [-0.25, -0.2) is 14.2 Å². The Bertz CT molecular complexity index is 1140. The number of H-pyrrole nitrogens is 1. The molecule has 0 radical (unpaired) electrons. The van der Waals surface area contributed by atoms with Gasteiger partial charge in [-0.05, 0) is 31.5 Å². The number of rotatable bonds is 3. The van der Waals surface area contributed by atoms with E-state index in [4.69, 9.17) is 9.72 Å². The molecule has 2 saturated heterocycles. The number of nitrogens with zero attached hydrogens (tertiary/aromatic N) is 4. The van der Waals surface area contributed by atoms with E-state index < -0.39 is 9.73 Å². The fraction of sp³-hybridized carbons (Fsp3) is 0.400. The van der Waals surface area contributed by atoms with Crippen molar-refractivity contribution >= 4 is 32.3 Å². The highest BCUT2D eigenvalue weighted by atomic mass is 32.2. The first-order valence-corrected chi connectivity index (χ1v) is 11.5. The summed E-state index contributed by atoms with van der Waals surface area (Å²) < 4.78 is 22.9. The van der Waals surface area contributed by atoms with Crippen molar-refractivity contribution < 1.29 is 8.95 Å². The van der Waals surface area contributed by atoms with Crippen LogP contribution in [0.25, 0.3) is 22.3 Å². The SMILES string of the molecule is C[C@@H]1COCCN1c1cc(N=S2(=O)CCC2)nc(-c2ccnc3[nH]ccc23)c1. The second-order valence-corrected chi connectivity index (χ2v) is 9.95. The van der Waals surface area contributed by atoms with Crippen LogP contribution in [-0.2, 0) is 14.5 Å². The number of hydrogen-bond acceptors (Lipinski definition) is 6. The number of aromatic nitrogens is 3. The average Bonchev–Trinajstić information content (AvgIpc) is 3.15. The number of hydrogen-bond donors (Lipinski definition) is 1. The zero-order valence-electron chi connectivity index (χ0n) is 15.8. The highest BCUT2D eigenvalue weighted by Gasteiger charge is 2.23. The first kappa shape index (κ1) is 17.6. The molecule has 1 N–H and O–H groups in total. The lowest BCUT2D eigenvalue weighted by molar-refractivity contribution is 0.0989. The summed E-state index contributed by atoms with van der Waals surface area (Å²) in [4.78, 5) is 14.6. The molecule has 5 rings (SSSR count). The molecule has 0 aromatic carbocycles. The van der Waals surface area contributed by atoms with Gasteiger partial charge in [0.25, 0.3) is 0 Å². The van der Waals surface area contributed by atoms with E-state index >= 15 is 0 Å². The van der Waals surface area contributed by atoms with Crippen LogP contribution in [0, 0.1) is 0 Å². The summed E-state index contributed by atoms with van der Waals surface area (Å²) in [7, 11) is -2.13. The first-order valence-electron chi connectivity index (χ1n) is 9.63. The monoisotopic (exact) mass is 397 g/mol. The van der Waals surface area contributed by atoms with E-state index in [0.717, 1.165) is 40.9 Å². The van der Waals surface area contributed by atoms with Crippen LogP contribution in [-0.4, -0.2) is 56.5 Å². The van der Waals surface area contributed by atoms with Crippen molar-refractivity contribution in [1.29, 1.82) is 0 Å². The fourth-order valence-electron chi connectivity index (χ4n) is 3.80. The summed E-state index contributed by atoms with van der Waals surface area (Å²) in [6.45, 7) is 4.36. The van der Waals surface area contributed by atoms with Crippen molar-refractivity contribution in [1.82, 2.24) is 15.0 Å². The van der Waals surface area contributed by atoms with Gasteiger partial charge in [0.15, 0.2) is 5.82 Å². The van der Waals surface area contributed by atoms with Crippen molar-refractivity contribution in [2.45, 2.75) is 19.4 Å². The molecule has 2 aliphatic heterocycles. The lowest BCUT2D eigenvalue weighted by atomic mass is 10.1. The Balaban J connectivity index is 1.68. The predicted octanol–water partition coefficient (Wildman–Crippen LogP) is 3.35. The summed E-state index contributed by atoms with van der Waals surface area (Å²) in [5.74, 6) is 1.88. The van der Waals surface area contributed by atoms with Crippen LogP contribution in [0.15, 0.2) is 41.0 Å². The van der Waals surface area contributed by atoms with Crippen molar-refractivity contribution in [3.05, 3.63) is 36.7 Å². The zero-order valence-corrected chi connectivity index (χ0v) is 16.6. The molecular weight excluding hydrogens is 374 g/mol. The fourth-order valence-corrected chi connectivity index (χ4v) is 5.20. The van der Waals surface area contributed by atoms with Gasteiger partial charge < -0.3 is 14.6 Å². The Hall–Kier alpha value is -2.45. The molecule has 5 heterocycles. The molecule has 0 spiro atoms. The van der Waals surface area contributed by atoms with Crippen LogP contribution in [0.3, 0.4) is 0 Å². The molecule has 3 aromatic heterocycles. The predicted molar refractivity (Wildman–Crippen MR) is 112 cm³/mol. The molecule has 146 valence electrons. The van der Waals surface area contributed by atoms with Crippen LogP contribution in [0.1, 0.15) is 13.3 Å². The third kappa shape index (κ3) is 3.16. The Morgan fingerprint density at radius 3 is 3.00 bits per heavy atom. The molecule has 0 bridgehead atoms. The minimum Gasteiger partial charge on any atom is -0.377 e. The van der Waals surface area contributed by atoms with Gasteiger partial charge in [0.05, 0.1) is 28.6 Å². The van der Waals surface area contributed by atoms with Gasteiger partial charge in [-0.3, -0.25) is 0 Å². The molecule has 2 fully saturated rings. The number of ether oxygens (including phenoxy) is 1. The molecule has 3 aromatic rings. The van der Waals surface area contributed by atoms with Crippen LogP contribution in [0.4, 0.5) is 11.5 Å². The average molecular weight is 398 g/mol. The van der Waals surface area contributed by atoms with Crippen LogP contribution in [0.5, 0.6) is 0 Å². The Morgan fingerprint density at radius 2 is 2.21 bits per heavy atom. The molecule has 0 unspecified atom stereocenters. The van der Waals surface area contributed by atoms with Crippen LogP contribution >= 0.6 is 0 Å². The summed E-state index contributed by atoms with van der Waals surface area (Å²) in [5.41, 5.74) is 3.69. The lowest BCUT2D eigenvalue weighted by Crippen LogP contribution is -2.43. The molecule has 0 amide bonds. The number of nitrogens with one attached hydrogen (secondary N) is 1. The zero-order chi connectivity index (χ0) is 19.1. The van der Waals surface area contributed by atoms with E-state index in [1.54, 1.807) is 6.20 Å². The normalized spacial score (nSPS) is 21.5. The lowest BCUT2D eigenvalue weighted by Gasteiger charge is -2.35. The van der Waals surface area contributed by atoms with E-state index in [1.807, 2.05) is 24.4 Å². The van der Waals surface area contributed by atoms with E-state index in [2.05, 4.69) is 32.2 Å². The summed E-state index contributed by atoms with van der Waals surface area (Å²) >= 11 is 0. The van der Waals surface area contributed by atoms with Crippen LogP contribution in [0.2, 0.25) is 0 Å². The Labute approximate surface area is 164 Å². The van der Waals surface area contributed by atoms with Gasteiger partial charge in [-0.1, -0.05) is 0 Å². The van der Waals surface area contributed by atoms with E-state index in [-0.39, 0.29) is 6.04 Å². The summed E-state index contributed by atoms with van der Waals surface area (Å²) in [6, 6.07) is 8.30. The number of morpholine rings is 1. The quantitative estimate of drug-likeness (QED) is 0.733. The summed E-state index contributed by atoms with van der Waals surface area (Å²) in [6.07, 6.45) is 4.64. The molecule has 2 aliphatic rings. The number of anilines is 1. The second-order valence-electron chi connectivity index (χ2n) is 7.41. The maximum Gasteiger partial charge on any atom is 0.164 e. The first-order chi connectivity index (χ1) is 13.6. The van der Waals surface area contributed by atoms with Crippen molar-refractivity contribution in [2.75, 3.05) is 36.2 Å². The second kappa shape index (κ2) is 6.86. The molecule has 0 saturated carbocycles. The smallest absolute Gasteiger partial charge is 0.164 e. The van der Waals surface area contributed by atoms with Gasteiger partial charge in [0.2, 0.25) is 0 Å². The van der Waals surface area contributed by atoms with Gasteiger partial charge in [-0.2, -0.15) is 4.36 Å². The van der Waals surface area contributed by atoms with Crippen molar-refractivity contribution in [2.24, 2.45) is 4.36 Å². The van der Waals surface area contributed by atoms with Gasteiger partial charge in [0.1, 0.15) is 5.65 Å². The number of aromatic amines is 1.